The Morgan fingerprint density at radius 3 is 2.65 bits per heavy atom. The minimum absolute atomic E-state index is 0.200. The Morgan fingerprint density at radius 1 is 1.41 bits per heavy atom. The average Bonchev–Trinajstić information content (AvgIpc) is 2.78. The number of nitrogens with zero attached hydrogens (tertiary/aromatic N) is 1. The van der Waals surface area contributed by atoms with E-state index in [1.165, 1.54) is 15.6 Å². The molecular weight excluding hydrogens is 302 g/mol. The summed E-state index contributed by atoms with van der Waals surface area (Å²) in [5.74, 6) is 1.03. The van der Waals surface area contributed by atoms with Crippen LogP contribution in [0.25, 0.3) is 0 Å². The summed E-state index contributed by atoms with van der Waals surface area (Å²) in [7, 11) is -4.34. The molecular formula is C9H12ClNO3S3. The first-order chi connectivity index (χ1) is 8.05. The molecule has 0 radical (unpaired) electrons. The van der Waals surface area contributed by atoms with Crippen molar-refractivity contribution in [1.82, 2.24) is 4.31 Å². The molecule has 1 aliphatic heterocycles. The molecule has 0 spiro atoms. The molecule has 2 heterocycles. The maximum atomic E-state index is 12.3. The quantitative estimate of drug-likeness (QED) is 0.789. The second-order valence-electron chi connectivity index (χ2n) is 3.59. The lowest BCUT2D eigenvalue weighted by atomic mass is 10.5. The van der Waals surface area contributed by atoms with Crippen LogP contribution in [0.1, 0.15) is 4.88 Å². The van der Waals surface area contributed by atoms with Crippen molar-refractivity contribution in [3.05, 3.63) is 16.3 Å². The summed E-state index contributed by atoms with van der Waals surface area (Å²) in [6.07, 6.45) is 0. The monoisotopic (exact) mass is 313 g/mol. The van der Waals surface area contributed by atoms with Crippen LogP contribution in [0.3, 0.4) is 0 Å². The van der Waals surface area contributed by atoms with E-state index in [1.54, 1.807) is 11.4 Å². The van der Waals surface area contributed by atoms with E-state index >= 15 is 0 Å². The van der Waals surface area contributed by atoms with Gasteiger partial charge >= 0.3 is 0 Å². The van der Waals surface area contributed by atoms with Crippen LogP contribution < -0.4 is 0 Å². The largest absolute Gasteiger partial charge is 0.259 e. The fourth-order valence-electron chi connectivity index (χ4n) is 1.66. The van der Waals surface area contributed by atoms with Gasteiger partial charge in [-0.15, -0.1) is 22.9 Å². The summed E-state index contributed by atoms with van der Waals surface area (Å²) in [6.45, 7) is 0.652. The number of halogens is 1. The zero-order valence-electron chi connectivity index (χ0n) is 8.96. The smallest absolute Gasteiger partial charge is 0.244 e. The topological polar surface area (TPSA) is 54.5 Å². The molecule has 0 N–H and O–H groups in total. The van der Waals surface area contributed by atoms with Crippen LogP contribution >= 0.6 is 22.9 Å². The molecule has 1 aromatic heterocycles. The van der Waals surface area contributed by atoms with Gasteiger partial charge in [0.1, 0.15) is 0 Å². The van der Waals surface area contributed by atoms with Crippen molar-refractivity contribution in [2.75, 3.05) is 24.6 Å². The van der Waals surface area contributed by atoms with Gasteiger partial charge in [-0.05, 0) is 11.4 Å². The Bertz CT molecular complexity index is 515. The molecule has 2 rings (SSSR count). The van der Waals surface area contributed by atoms with Crippen molar-refractivity contribution in [3.8, 4) is 0 Å². The van der Waals surface area contributed by atoms with Crippen LogP contribution in [0.4, 0.5) is 0 Å². The van der Waals surface area contributed by atoms with E-state index in [9.17, 15) is 12.6 Å². The van der Waals surface area contributed by atoms with E-state index in [0.29, 0.717) is 34.4 Å². The van der Waals surface area contributed by atoms with E-state index in [0.717, 1.165) is 0 Å². The van der Waals surface area contributed by atoms with E-state index < -0.39 is 20.8 Å². The van der Waals surface area contributed by atoms with Gasteiger partial charge in [0.05, 0.1) is 10.8 Å². The molecule has 1 aromatic rings. The fraction of sp³-hybridized carbons (Fsp3) is 0.556. The van der Waals surface area contributed by atoms with E-state index in [-0.39, 0.29) is 5.88 Å². The maximum absolute atomic E-state index is 12.3. The molecule has 8 heteroatoms. The van der Waals surface area contributed by atoms with Gasteiger partial charge in [0.25, 0.3) is 0 Å². The highest BCUT2D eigenvalue weighted by atomic mass is 35.5. The Balaban J connectivity index is 2.27. The van der Waals surface area contributed by atoms with Crippen molar-refractivity contribution in [2.45, 2.75) is 10.8 Å². The molecule has 17 heavy (non-hydrogen) atoms. The summed E-state index contributed by atoms with van der Waals surface area (Å²) >= 11 is 7.06. The molecule has 0 bridgehead atoms. The van der Waals surface area contributed by atoms with Crippen molar-refractivity contribution >= 4 is 43.8 Å². The molecule has 0 aromatic carbocycles. The summed E-state index contributed by atoms with van der Waals surface area (Å²) in [5.41, 5.74) is 0. The summed E-state index contributed by atoms with van der Waals surface area (Å²) in [6, 6.07) is 1.59. The number of hydrogen-bond acceptors (Lipinski definition) is 4. The minimum Gasteiger partial charge on any atom is -0.259 e. The first kappa shape index (κ1) is 13.5. The van der Waals surface area contributed by atoms with Crippen molar-refractivity contribution in [3.63, 3.8) is 0 Å². The van der Waals surface area contributed by atoms with Crippen LogP contribution in [0.15, 0.2) is 16.3 Å². The second-order valence-corrected chi connectivity index (χ2v) is 8.46. The van der Waals surface area contributed by atoms with Gasteiger partial charge in [0, 0.05) is 40.3 Å². The van der Waals surface area contributed by atoms with Gasteiger partial charge in [0.2, 0.25) is 10.0 Å². The molecule has 1 fully saturated rings. The van der Waals surface area contributed by atoms with Crippen LogP contribution in [0, 0.1) is 0 Å². The fourth-order valence-corrected chi connectivity index (χ4v) is 6.06. The molecule has 1 aliphatic rings. The number of hydrogen-bond donors (Lipinski definition) is 0. The van der Waals surface area contributed by atoms with Gasteiger partial charge in [-0.1, -0.05) is 0 Å². The highest BCUT2D eigenvalue weighted by Gasteiger charge is 2.30. The lowest BCUT2D eigenvalue weighted by Crippen LogP contribution is -2.41. The first-order valence-corrected chi connectivity index (χ1v) is 9.37. The summed E-state index contributed by atoms with van der Waals surface area (Å²) < 4.78 is 37.2. The zero-order chi connectivity index (χ0) is 12.5. The highest BCUT2D eigenvalue weighted by Crippen LogP contribution is 2.27. The minimum atomic E-state index is -3.46. The Morgan fingerprint density at radius 2 is 2.06 bits per heavy atom. The van der Waals surface area contributed by atoms with Crippen LogP contribution in [-0.4, -0.2) is 41.5 Å². The highest BCUT2D eigenvalue weighted by molar-refractivity contribution is 7.89. The third kappa shape index (κ3) is 2.73. The summed E-state index contributed by atoms with van der Waals surface area (Å²) in [4.78, 5) is 0.962. The number of alkyl halides is 1. The van der Waals surface area contributed by atoms with Gasteiger partial charge in [-0.3, -0.25) is 4.21 Å². The van der Waals surface area contributed by atoms with Gasteiger partial charge in [-0.25, -0.2) is 8.42 Å². The molecule has 4 nitrogen and oxygen atoms in total. The number of sulfonamides is 1. The van der Waals surface area contributed by atoms with Crippen LogP contribution in [0.2, 0.25) is 0 Å². The Kier molecular flexibility index (Phi) is 4.25. The Hall–Kier alpha value is 0.0500. The molecule has 0 saturated carbocycles. The number of rotatable bonds is 3. The summed E-state index contributed by atoms with van der Waals surface area (Å²) in [5, 5.41) is 1.73. The van der Waals surface area contributed by atoms with Crippen molar-refractivity contribution in [1.29, 1.82) is 0 Å². The third-order valence-electron chi connectivity index (χ3n) is 2.58. The molecule has 96 valence electrons. The predicted octanol–water partition coefficient (Wildman–Crippen LogP) is 1.24. The van der Waals surface area contributed by atoms with E-state index in [4.69, 9.17) is 11.6 Å². The van der Waals surface area contributed by atoms with Crippen LogP contribution in [-0.2, 0) is 26.7 Å². The van der Waals surface area contributed by atoms with E-state index in [1.807, 2.05) is 0 Å². The maximum Gasteiger partial charge on any atom is 0.244 e. The standard InChI is InChI=1S/C9H12ClNO3S3/c10-7-8-9(1-4-15-8)17(13,14)11-2-5-16(12)6-3-11/h1,4H,2-3,5-7H2. The van der Waals surface area contributed by atoms with Gasteiger partial charge < -0.3 is 0 Å². The SMILES string of the molecule is O=S1CCN(S(=O)(=O)c2ccsc2CCl)CC1. The van der Waals surface area contributed by atoms with E-state index in [2.05, 4.69) is 0 Å². The Labute approximate surface area is 112 Å². The zero-order valence-corrected chi connectivity index (χ0v) is 12.2. The van der Waals surface area contributed by atoms with Crippen LogP contribution in [0.5, 0.6) is 0 Å². The average molecular weight is 314 g/mol. The molecule has 0 aliphatic carbocycles. The lowest BCUT2D eigenvalue weighted by molar-refractivity contribution is 0.438. The normalized spacial score (nSPS) is 19.6. The second kappa shape index (κ2) is 5.36. The molecule has 0 unspecified atom stereocenters. The van der Waals surface area contributed by atoms with Crippen molar-refractivity contribution in [2.24, 2.45) is 0 Å². The predicted molar refractivity (Wildman–Crippen MR) is 70.5 cm³/mol. The van der Waals surface area contributed by atoms with Crippen molar-refractivity contribution < 1.29 is 12.6 Å². The van der Waals surface area contributed by atoms with Gasteiger partial charge in [0.15, 0.2) is 0 Å². The molecule has 0 amide bonds. The lowest BCUT2D eigenvalue weighted by Gasteiger charge is -2.25. The first-order valence-electron chi connectivity index (χ1n) is 5.03. The number of thiophene rings is 1. The molecule has 0 atom stereocenters. The third-order valence-corrected chi connectivity index (χ3v) is 7.32. The van der Waals surface area contributed by atoms with Gasteiger partial charge in [-0.2, -0.15) is 4.31 Å². The molecule has 1 saturated heterocycles.